The molecule has 1 unspecified atom stereocenters. The van der Waals surface area contributed by atoms with Gasteiger partial charge in [-0.3, -0.25) is 9.69 Å². The van der Waals surface area contributed by atoms with E-state index >= 15 is 0 Å². The minimum Gasteiger partial charge on any atom is -0.379 e. The van der Waals surface area contributed by atoms with E-state index in [-0.39, 0.29) is 11.9 Å². The van der Waals surface area contributed by atoms with Crippen molar-refractivity contribution in [1.82, 2.24) is 15.1 Å². The minimum absolute atomic E-state index is 0.00553. The van der Waals surface area contributed by atoms with Crippen molar-refractivity contribution in [3.63, 3.8) is 0 Å². The fourth-order valence-corrected chi connectivity index (χ4v) is 3.58. The SMILES string of the molecule is CC(CN1CCOCC1)N(Cc1ccccc1)C(=O)c1ccc(CNC(N)=O)cc1. The Hall–Kier alpha value is -2.90. The molecule has 1 aliphatic rings. The first-order chi connectivity index (χ1) is 14.5. The number of hydrogen-bond donors (Lipinski definition) is 2. The molecule has 160 valence electrons. The van der Waals surface area contributed by atoms with Gasteiger partial charge in [0, 0.05) is 44.3 Å². The average molecular weight is 411 g/mol. The molecule has 3 rings (SSSR count). The first-order valence-corrected chi connectivity index (χ1v) is 10.3. The van der Waals surface area contributed by atoms with Crippen LogP contribution in [0.1, 0.15) is 28.4 Å². The number of hydrogen-bond acceptors (Lipinski definition) is 4. The Morgan fingerprint density at radius 1 is 1.07 bits per heavy atom. The quantitative estimate of drug-likeness (QED) is 0.699. The summed E-state index contributed by atoms with van der Waals surface area (Å²) in [4.78, 5) is 28.6. The summed E-state index contributed by atoms with van der Waals surface area (Å²) in [7, 11) is 0. The first kappa shape index (κ1) is 21.8. The van der Waals surface area contributed by atoms with Crippen molar-refractivity contribution in [2.75, 3.05) is 32.8 Å². The lowest BCUT2D eigenvalue weighted by Gasteiger charge is -2.35. The zero-order valence-electron chi connectivity index (χ0n) is 17.4. The van der Waals surface area contributed by atoms with E-state index in [0.29, 0.717) is 18.7 Å². The van der Waals surface area contributed by atoms with Gasteiger partial charge in [0.1, 0.15) is 0 Å². The van der Waals surface area contributed by atoms with Crippen LogP contribution in [0.3, 0.4) is 0 Å². The average Bonchev–Trinajstić information content (AvgIpc) is 2.77. The Morgan fingerprint density at radius 2 is 1.73 bits per heavy atom. The molecule has 1 heterocycles. The zero-order chi connectivity index (χ0) is 21.3. The minimum atomic E-state index is -0.568. The van der Waals surface area contributed by atoms with Crippen LogP contribution < -0.4 is 11.1 Å². The Kier molecular flexibility index (Phi) is 7.82. The summed E-state index contributed by atoms with van der Waals surface area (Å²) in [6, 6.07) is 16.8. The summed E-state index contributed by atoms with van der Waals surface area (Å²) < 4.78 is 5.44. The number of carbonyl (C=O) groups excluding carboxylic acids is 2. The van der Waals surface area contributed by atoms with Gasteiger partial charge >= 0.3 is 6.03 Å². The van der Waals surface area contributed by atoms with Crippen LogP contribution in [0.2, 0.25) is 0 Å². The van der Waals surface area contributed by atoms with Crippen LogP contribution in [-0.4, -0.2) is 60.6 Å². The number of carbonyl (C=O) groups is 2. The molecule has 2 aromatic rings. The van der Waals surface area contributed by atoms with Gasteiger partial charge in [0.05, 0.1) is 13.2 Å². The summed E-state index contributed by atoms with van der Waals surface area (Å²) in [6.45, 7) is 7.05. The number of primary amides is 1. The number of benzene rings is 2. The molecular formula is C23H30N4O3. The number of nitrogens with one attached hydrogen (secondary N) is 1. The lowest BCUT2D eigenvalue weighted by atomic mass is 10.1. The molecule has 3 amide bonds. The lowest BCUT2D eigenvalue weighted by molar-refractivity contribution is 0.0228. The largest absolute Gasteiger partial charge is 0.379 e. The molecule has 7 heteroatoms. The van der Waals surface area contributed by atoms with Crippen LogP contribution in [0, 0.1) is 0 Å². The summed E-state index contributed by atoms with van der Waals surface area (Å²) in [5.74, 6) is -0.00553. The van der Waals surface area contributed by atoms with Gasteiger partial charge in [0.15, 0.2) is 0 Å². The molecule has 0 saturated carbocycles. The molecule has 0 aromatic heterocycles. The van der Waals surface area contributed by atoms with Crippen molar-refractivity contribution in [1.29, 1.82) is 0 Å². The van der Waals surface area contributed by atoms with Crippen molar-refractivity contribution in [3.05, 3.63) is 71.3 Å². The van der Waals surface area contributed by atoms with Gasteiger partial charge in [0.25, 0.3) is 5.91 Å². The molecule has 1 saturated heterocycles. The summed E-state index contributed by atoms with van der Waals surface area (Å²) in [5, 5.41) is 2.56. The Balaban J connectivity index is 1.74. The normalized spacial score (nSPS) is 15.4. The molecule has 0 radical (unpaired) electrons. The van der Waals surface area contributed by atoms with Crippen LogP contribution in [0.25, 0.3) is 0 Å². The van der Waals surface area contributed by atoms with Gasteiger partial charge in [-0.1, -0.05) is 42.5 Å². The first-order valence-electron chi connectivity index (χ1n) is 10.3. The number of morpholine rings is 1. The van der Waals surface area contributed by atoms with Gasteiger partial charge in [-0.25, -0.2) is 4.79 Å². The van der Waals surface area contributed by atoms with E-state index in [2.05, 4.69) is 17.1 Å². The molecule has 1 aliphatic heterocycles. The fraction of sp³-hybridized carbons (Fsp3) is 0.391. The standard InChI is InChI=1S/C23H30N4O3/c1-18(16-26-11-13-30-14-12-26)27(17-20-5-3-2-4-6-20)22(28)21-9-7-19(8-10-21)15-25-23(24)29/h2-10,18H,11-17H2,1H3,(H3,24,25,29). The highest BCUT2D eigenvalue weighted by atomic mass is 16.5. The molecule has 3 N–H and O–H groups in total. The van der Waals surface area contributed by atoms with Crippen LogP contribution in [0.4, 0.5) is 4.79 Å². The van der Waals surface area contributed by atoms with Gasteiger partial charge in [-0.05, 0) is 30.2 Å². The maximum absolute atomic E-state index is 13.4. The number of amides is 3. The van der Waals surface area contributed by atoms with Crippen molar-refractivity contribution >= 4 is 11.9 Å². The van der Waals surface area contributed by atoms with Crippen LogP contribution in [0.15, 0.2) is 54.6 Å². The second-order valence-electron chi connectivity index (χ2n) is 7.60. The number of nitrogens with zero attached hydrogens (tertiary/aromatic N) is 2. The molecule has 7 nitrogen and oxygen atoms in total. The smallest absolute Gasteiger partial charge is 0.312 e. The second kappa shape index (κ2) is 10.8. The third-order valence-corrected chi connectivity index (χ3v) is 5.28. The van der Waals surface area contributed by atoms with E-state index in [0.717, 1.165) is 44.0 Å². The molecular weight excluding hydrogens is 380 g/mol. The van der Waals surface area contributed by atoms with E-state index in [1.807, 2.05) is 47.4 Å². The predicted octanol–water partition coefficient (Wildman–Crippen LogP) is 2.22. The van der Waals surface area contributed by atoms with Gasteiger partial charge < -0.3 is 20.7 Å². The summed E-state index contributed by atoms with van der Waals surface area (Å²) >= 11 is 0. The second-order valence-corrected chi connectivity index (χ2v) is 7.60. The molecule has 0 spiro atoms. The highest BCUT2D eigenvalue weighted by Gasteiger charge is 2.24. The van der Waals surface area contributed by atoms with E-state index in [9.17, 15) is 9.59 Å². The van der Waals surface area contributed by atoms with Crippen LogP contribution in [0.5, 0.6) is 0 Å². The lowest BCUT2D eigenvalue weighted by Crippen LogP contribution is -2.48. The topological polar surface area (TPSA) is 87.9 Å². The van der Waals surface area contributed by atoms with Gasteiger partial charge in [-0.15, -0.1) is 0 Å². The highest BCUT2D eigenvalue weighted by molar-refractivity contribution is 5.94. The Morgan fingerprint density at radius 3 is 2.37 bits per heavy atom. The molecule has 0 bridgehead atoms. The number of urea groups is 1. The molecule has 0 aliphatic carbocycles. The maximum Gasteiger partial charge on any atom is 0.312 e. The molecule has 1 atom stereocenters. The highest BCUT2D eigenvalue weighted by Crippen LogP contribution is 2.16. The van der Waals surface area contributed by atoms with E-state index in [1.54, 1.807) is 12.1 Å². The molecule has 2 aromatic carbocycles. The van der Waals surface area contributed by atoms with E-state index < -0.39 is 6.03 Å². The molecule has 1 fully saturated rings. The number of ether oxygens (including phenoxy) is 1. The summed E-state index contributed by atoms with van der Waals surface area (Å²) in [6.07, 6.45) is 0. The zero-order valence-corrected chi connectivity index (χ0v) is 17.4. The van der Waals surface area contributed by atoms with E-state index in [1.165, 1.54) is 0 Å². The molecule has 30 heavy (non-hydrogen) atoms. The third kappa shape index (κ3) is 6.30. The van der Waals surface area contributed by atoms with Crippen LogP contribution >= 0.6 is 0 Å². The van der Waals surface area contributed by atoms with Crippen molar-refractivity contribution in [3.8, 4) is 0 Å². The predicted molar refractivity (Wildman–Crippen MR) is 116 cm³/mol. The summed E-state index contributed by atoms with van der Waals surface area (Å²) in [5.41, 5.74) is 7.74. The van der Waals surface area contributed by atoms with Crippen molar-refractivity contribution in [2.45, 2.75) is 26.1 Å². The Labute approximate surface area is 177 Å². The fourth-order valence-electron chi connectivity index (χ4n) is 3.58. The monoisotopic (exact) mass is 410 g/mol. The van der Waals surface area contributed by atoms with Gasteiger partial charge in [-0.2, -0.15) is 0 Å². The van der Waals surface area contributed by atoms with Crippen LogP contribution in [-0.2, 0) is 17.8 Å². The van der Waals surface area contributed by atoms with Crippen molar-refractivity contribution < 1.29 is 14.3 Å². The van der Waals surface area contributed by atoms with Crippen molar-refractivity contribution in [2.24, 2.45) is 5.73 Å². The van der Waals surface area contributed by atoms with E-state index in [4.69, 9.17) is 10.5 Å². The number of nitrogens with two attached hydrogens (primary N) is 1. The van der Waals surface area contributed by atoms with Gasteiger partial charge in [0.2, 0.25) is 0 Å². The Bertz CT molecular complexity index is 820. The number of rotatable bonds is 8. The third-order valence-electron chi connectivity index (χ3n) is 5.28. The maximum atomic E-state index is 13.4.